The van der Waals surface area contributed by atoms with Crippen LogP contribution in [-0.2, 0) is 4.74 Å². The number of aromatic nitrogens is 2. The predicted octanol–water partition coefficient (Wildman–Crippen LogP) is 1.97. The number of nitrogens with zero attached hydrogens (tertiary/aromatic N) is 2. The van der Waals surface area contributed by atoms with E-state index in [2.05, 4.69) is 15.3 Å². The fourth-order valence-corrected chi connectivity index (χ4v) is 1.15. The molecule has 1 unspecified atom stereocenters. The smallest absolute Gasteiger partial charge is 0.149 e. The van der Waals surface area contributed by atoms with Gasteiger partial charge in [-0.05, 0) is 13.8 Å². The number of ether oxygens (including phenoxy) is 1. The van der Waals surface area contributed by atoms with Crippen LogP contribution in [0, 0.1) is 0 Å². The van der Waals surface area contributed by atoms with E-state index in [0.717, 1.165) is 0 Å². The quantitative estimate of drug-likeness (QED) is 0.816. The van der Waals surface area contributed by atoms with Gasteiger partial charge in [-0.25, -0.2) is 4.98 Å². The Morgan fingerprint density at radius 1 is 1.57 bits per heavy atom. The monoisotopic (exact) mass is 215 g/mol. The summed E-state index contributed by atoms with van der Waals surface area (Å²) in [6, 6.07) is 0.197. The molecule has 0 saturated heterocycles. The molecule has 0 saturated carbocycles. The van der Waals surface area contributed by atoms with E-state index in [4.69, 9.17) is 16.3 Å². The molecular formula is C9H14ClN3O. The Labute approximate surface area is 88.7 Å². The third-order valence-electron chi connectivity index (χ3n) is 1.57. The summed E-state index contributed by atoms with van der Waals surface area (Å²) in [6.07, 6.45) is 3.13. The summed E-state index contributed by atoms with van der Waals surface area (Å²) in [5, 5.41) is 3.52. The number of hydrogen-bond acceptors (Lipinski definition) is 4. The lowest BCUT2D eigenvalue weighted by Crippen LogP contribution is -2.22. The first-order valence-corrected chi connectivity index (χ1v) is 4.92. The highest BCUT2D eigenvalue weighted by atomic mass is 35.5. The fraction of sp³-hybridized carbons (Fsp3) is 0.556. The molecule has 1 aromatic rings. The molecule has 1 heterocycles. The van der Waals surface area contributed by atoms with Gasteiger partial charge in [-0.3, -0.25) is 4.98 Å². The van der Waals surface area contributed by atoms with Gasteiger partial charge in [0.05, 0.1) is 19.0 Å². The van der Waals surface area contributed by atoms with E-state index in [-0.39, 0.29) is 6.04 Å². The van der Waals surface area contributed by atoms with Gasteiger partial charge in [0.25, 0.3) is 0 Å². The topological polar surface area (TPSA) is 47.0 Å². The average Bonchev–Trinajstić information content (AvgIpc) is 2.15. The molecule has 0 bridgehead atoms. The minimum atomic E-state index is 0.197. The van der Waals surface area contributed by atoms with Crippen molar-refractivity contribution in [3.05, 3.63) is 17.5 Å². The summed E-state index contributed by atoms with van der Waals surface area (Å²) in [4.78, 5) is 7.98. The maximum absolute atomic E-state index is 5.69. The van der Waals surface area contributed by atoms with Crippen LogP contribution < -0.4 is 5.32 Å². The highest BCUT2D eigenvalue weighted by Gasteiger charge is 2.02. The van der Waals surface area contributed by atoms with Crippen LogP contribution in [-0.4, -0.2) is 29.2 Å². The maximum Gasteiger partial charge on any atom is 0.149 e. The molecular weight excluding hydrogens is 202 g/mol. The van der Waals surface area contributed by atoms with E-state index in [1.807, 2.05) is 13.8 Å². The van der Waals surface area contributed by atoms with E-state index < -0.39 is 0 Å². The molecule has 4 nitrogen and oxygen atoms in total. The van der Waals surface area contributed by atoms with Crippen molar-refractivity contribution in [1.29, 1.82) is 0 Å². The Bertz CT molecular complexity index is 283. The third kappa shape index (κ3) is 3.89. The van der Waals surface area contributed by atoms with Crippen LogP contribution in [0.25, 0.3) is 0 Å². The zero-order valence-corrected chi connectivity index (χ0v) is 9.08. The molecule has 0 aliphatic heterocycles. The van der Waals surface area contributed by atoms with E-state index in [0.29, 0.717) is 24.2 Å². The van der Waals surface area contributed by atoms with Gasteiger partial charge in [0.15, 0.2) is 0 Å². The molecule has 78 valence electrons. The Morgan fingerprint density at radius 3 is 3.00 bits per heavy atom. The Hall–Kier alpha value is -0.870. The molecule has 1 aromatic heterocycles. The lowest BCUT2D eigenvalue weighted by Gasteiger charge is -2.13. The fourth-order valence-electron chi connectivity index (χ4n) is 1.00. The Balaban J connectivity index is 2.43. The van der Waals surface area contributed by atoms with Crippen molar-refractivity contribution in [2.75, 3.05) is 18.5 Å². The minimum Gasteiger partial charge on any atom is -0.380 e. The number of hydrogen-bond donors (Lipinski definition) is 1. The molecule has 0 radical (unpaired) electrons. The molecule has 0 aromatic carbocycles. The Morgan fingerprint density at radius 2 is 2.36 bits per heavy atom. The predicted molar refractivity (Wildman–Crippen MR) is 56.6 cm³/mol. The Kier molecular flexibility index (Phi) is 4.62. The molecule has 1 rings (SSSR count). The van der Waals surface area contributed by atoms with Crippen LogP contribution in [0.2, 0.25) is 5.15 Å². The summed E-state index contributed by atoms with van der Waals surface area (Å²) >= 11 is 5.69. The number of rotatable bonds is 5. The second-order valence-corrected chi connectivity index (χ2v) is 3.32. The second-order valence-electron chi connectivity index (χ2n) is 2.93. The van der Waals surface area contributed by atoms with Gasteiger partial charge in [-0.1, -0.05) is 11.6 Å². The van der Waals surface area contributed by atoms with Gasteiger partial charge in [-0.15, -0.1) is 0 Å². The van der Waals surface area contributed by atoms with Crippen LogP contribution in [0.1, 0.15) is 13.8 Å². The van der Waals surface area contributed by atoms with Gasteiger partial charge >= 0.3 is 0 Å². The molecule has 0 fully saturated rings. The van der Waals surface area contributed by atoms with Gasteiger partial charge in [0.1, 0.15) is 11.0 Å². The lowest BCUT2D eigenvalue weighted by molar-refractivity contribution is 0.141. The van der Waals surface area contributed by atoms with Crippen LogP contribution in [0.3, 0.4) is 0 Å². The van der Waals surface area contributed by atoms with Gasteiger partial charge in [-0.2, -0.15) is 0 Å². The largest absolute Gasteiger partial charge is 0.380 e. The first kappa shape index (κ1) is 11.2. The highest BCUT2D eigenvalue weighted by Crippen LogP contribution is 2.07. The maximum atomic E-state index is 5.69. The molecule has 1 N–H and O–H groups in total. The zero-order chi connectivity index (χ0) is 10.4. The SMILES string of the molecule is CCOCC(C)Nc1cncc(Cl)n1. The first-order chi connectivity index (χ1) is 6.72. The number of anilines is 1. The van der Waals surface area contributed by atoms with Crippen molar-refractivity contribution in [2.45, 2.75) is 19.9 Å². The standard InChI is InChI=1S/C9H14ClN3O/c1-3-14-6-7(2)12-9-5-11-4-8(10)13-9/h4-5,7H,3,6H2,1-2H3,(H,12,13). The van der Waals surface area contributed by atoms with E-state index >= 15 is 0 Å². The van der Waals surface area contributed by atoms with Crippen molar-refractivity contribution in [2.24, 2.45) is 0 Å². The summed E-state index contributed by atoms with van der Waals surface area (Å²) in [6.45, 7) is 5.34. The van der Waals surface area contributed by atoms with Crippen molar-refractivity contribution in [3.63, 3.8) is 0 Å². The molecule has 1 atom stereocenters. The van der Waals surface area contributed by atoms with Crippen LogP contribution in [0.4, 0.5) is 5.82 Å². The molecule has 0 spiro atoms. The number of nitrogens with one attached hydrogen (secondary N) is 1. The van der Waals surface area contributed by atoms with Crippen molar-refractivity contribution >= 4 is 17.4 Å². The van der Waals surface area contributed by atoms with Crippen molar-refractivity contribution in [3.8, 4) is 0 Å². The molecule has 0 amide bonds. The van der Waals surface area contributed by atoms with Crippen LogP contribution in [0.5, 0.6) is 0 Å². The number of halogens is 1. The van der Waals surface area contributed by atoms with Crippen LogP contribution >= 0.6 is 11.6 Å². The van der Waals surface area contributed by atoms with Crippen LogP contribution in [0.15, 0.2) is 12.4 Å². The second kappa shape index (κ2) is 5.78. The van der Waals surface area contributed by atoms with E-state index in [9.17, 15) is 0 Å². The molecule has 5 heteroatoms. The van der Waals surface area contributed by atoms with Gasteiger partial charge in [0, 0.05) is 12.6 Å². The van der Waals surface area contributed by atoms with Crippen molar-refractivity contribution in [1.82, 2.24) is 9.97 Å². The van der Waals surface area contributed by atoms with Crippen molar-refractivity contribution < 1.29 is 4.74 Å². The lowest BCUT2D eigenvalue weighted by atomic mass is 10.3. The van der Waals surface area contributed by atoms with Gasteiger partial charge in [0.2, 0.25) is 0 Å². The minimum absolute atomic E-state index is 0.197. The third-order valence-corrected chi connectivity index (χ3v) is 1.75. The molecule has 0 aliphatic rings. The zero-order valence-electron chi connectivity index (χ0n) is 8.33. The first-order valence-electron chi connectivity index (χ1n) is 4.54. The average molecular weight is 216 g/mol. The summed E-state index contributed by atoms with van der Waals surface area (Å²) in [5.74, 6) is 0.671. The molecule has 0 aliphatic carbocycles. The molecule has 14 heavy (non-hydrogen) atoms. The summed E-state index contributed by atoms with van der Waals surface area (Å²) in [5.41, 5.74) is 0. The normalized spacial score (nSPS) is 12.5. The highest BCUT2D eigenvalue weighted by molar-refractivity contribution is 6.29. The van der Waals surface area contributed by atoms with E-state index in [1.165, 1.54) is 6.20 Å². The summed E-state index contributed by atoms with van der Waals surface area (Å²) in [7, 11) is 0. The van der Waals surface area contributed by atoms with Gasteiger partial charge < -0.3 is 10.1 Å². The summed E-state index contributed by atoms with van der Waals surface area (Å²) < 4.78 is 5.25. The van der Waals surface area contributed by atoms with E-state index in [1.54, 1.807) is 6.20 Å².